The molecule has 0 unspecified atom stereocenters. The Morgan fingerprint density at radius 1 is 1.24 bits per heavy atom. The third-order valence-corrected chi connectivity index (χ3v) is 3.53. The average Bonchev–Trinajstić information content (AvgIpc) is 2.62. The molecule has 0 atom stereocenters. The van der Waals surface area contributed by atoms with Gasteiger partial charge in [0.15, 0.2) is 0 Å². The SMILES string of the molecule is COC(=O)c1ccc(Nc2c(C#N)cnc3ccc(F)cc23)cc1.Cl. The summed E-state index contributed by atoms with van der Waals surface area (Å²) in [7, 11) is 1.31. The molecule has 0 saturated heterocycles. The number of hydrogen-bond acceptors (Lipinski definition) is 5. The average molecular weight is 358 g/mol. The normalized spacial score (nSPS) is 9.80. The molecule has 0 fully saturated rings. The number of anilines is 2. The first-order valence-corrected chi connectivity index (χ1v) is 7.06. The van der Waals surface area contributed by atoms with Crippen LogP contribution in [0.2, 0.25) is 0 Å². The first kappa shape index (κ1) is 18.2. The van der Waals surface area contributed by atoms with Crippen LogP contribution in [0.4, 0.5) is 15.8 Å². The number of benzene rings is 2. The smallest absolute Gasteiger partial charge is 0.337 e. The number of esters is 1. The first-order chi connectivity index (χ1) is 11.6. The van der Waals surface area contributed by atoms with E-state index in [-0.39, 0.29) is 12.4 Å². The number of carbonyl (C=O) groups excluding carboxylic acids is 1. The van der Waals surface area contributed by atoms with Gasteiger partial charge in [0, 0.05) is 17.3 Å². The highest BCUT2D eigenvalue weighted by molar-refractivity contribution is 5.96. The van der Waals surface area contributed by atoms with Crippen LogP contribution in [-0.4, -0.2) is 18.1 Å². The molecule has 0 saturated carbocycles. The quantitative estimate of drug-likeness (QED) is 0.711. The largest absolute Gasteiger partial charge is 0.465 e. The zero-order valence-electron chi connectivity index (χ0n) is 13.1. The number of rotatable bonds is 3. The number of ether oxygens (including phenoxy) is 1. The summed E-state index contributed by atoms with van der Waals surface area (Å²) < 4.78 is 18.2. The highest BCUT2D eigenvalue weighted by atomic mass is 35.5. The monoisotopic (exact) mass is 357 g/mol. The van der Waals surface area contributed by atoms with Crippen molar-refractivity contribution in [2.45, 2.75) is 0 Å². The van der Waals surface area contributed by atoms with Gasteiger partial charge in [-0.3, -0.25) is 4.98 Å². The second-order valence-corrected chi connectivity index (χ2v) is 5.01. The molecule has 1 N–H and O–H groups in total. The van der Waals surface area contributed by atoms with E-state index >= 15 is 0 Å². The minimum atomic E-state index is -0.435. The molecule has 0 aliphatic rings. The van der Waals surface area contributed by atoms with Crippen LogP contribution in [0.3, 0.4) is 0 Å². The molecule has 0 aliphatic carbocycles. The summed E-state index contributed by atoms with van der Waals surface area (Å²) in [5, 5.41) is 12.9. The van der Waals surface area contributed by atoms with E-state index in [9.17, 15) is 14.4 Å². The predicted octanol–water partition coefficient (Wildman–Crippen LogP) is 4.20. The second kappa shape index (κ2) is 7.60. The van der Waals surface area contributed by atoms with Gasteiger partial charge in [-0.05, 0) is 42.5 Å². The van der Waals surface area contributed by atoms with E-state index in [1.165, 1.54) is 25.4 Å². The molecule has 3 rings (SSSR count). The first-order valence-electron chi connectivity index (χ1n) is 7.06. The third-order valence-electron chi connectivity index (χ3n) is 3.53. The van der Waals surface area contributed by atoms with Gasteiger partial charge in [-0.15, -0.1) is 12.4 Å². The van der Waals surface area contributed by atoms with E-state index in [0.29, 0.717) is 33.4 Å². The summed E-state index contributed by atoms with van der Waals surface area (Å²) in [5.41, 5.74) is 2.40. The van der Waals surface area contributed by atoms with Gasteiger partial charge in [-0.1, -0.05) is 0 Å². The number of carbonyl (C=O) groups is 1. The fraction of sp³-hybridized carbons (Fsp3) is 0.0556. The summed E-state index contributed by atoms with van der Waals surface area (Å²) in [6, 6.07) is 12.8. The summed E-state index contributed by atoms with van der Waals surface area (Å²) in [6.45, 7) is 0. The van der Waals surface area contributed by atoms with Gasteiger partial charge in [-0.25, -0.2) is 9.18 Å². The summed E-state index contributed by atoms with van der Waals surface area (Å²) in [5.74, 6) is -0.848. The van der Waals surface area contributed by atoms with Crippen LogP contribution >= 0.6 is 12.4 Å². The zero-order chi connectivity index (χ0) is 17.1. The van der Waals surface area contributed by atoms with Crippen molar-refractivity contribution in [2.75, 3.05) is 12.4 Å². The van der Waals surface area contributed by atoms with Crippen LogP contribution in [0.5, 0.6) is 0 Å². The Balaban J connectivity index is 0.00000225. The van der Waals surface area contributed by atoms with E-state index in [2.05, 4.69) is 15.0 Å². The maximum Gasteiger partial charge on any atom is 0.337 e. The molecule has 126 valence electrons. The van der Waals surface area contributed by atoms with Crippen molar-refractivity contribution in [3.05, 3.63) is 65.6 Å². The number of fused-ring (bicyclic) bond motifs is 1. The van der Waals surface area contributed by atoms with Crippen LogP contribution in [0.1, 0.15) is 15.9 Å². The highest BCUT2D eigenvalue weighted by Crippen LogP contribution is 2.29. The molecular weight excluding hydrogens is 345 g/mol. The number of nitrogens with one attached hydrogen (secondary N) is 1. The Labute approximate surface area is 149 Å². The lowest BCUT2D eigenvalue weighted by atomic mass is 10.1. The Hall–Kier alpha value is -3.17. The van der Waals surface area contributed by atoms with Crippen LogP contribution in [0, 0.1) is 17.1 Å². The topological polar surface area (TPSA) is 75.0 Å². The summed E-state index contributed by atoms with van der Waals surface area (Å²) in [6.07, 6.45) is 1.44. The standard InChI is InChI=1S/C18H12FN3O2.ClH/c1-24-18(23)11-2-5-14(6-3-11)22-17-12(9-20)10-21-16-7-4-13(19)8-15(16)17;/h2-8,10H,1H3,(H,21,22);1H. The lowest BCUT2D eigenvalue weighted by molar-refractivity contribution is 0.0601. The molecule has 25 heavy (non-hydrogen) atoms. The van der Waals surface area contributed by atoms with Crippen molar-refractivity contribution in [3.63, 3.8) is 0 Å². The van der Waals surface area contributed by atoms with Crippen molar-refractivity contribution in [2.24, 2.45) is 0 Å². The van der Waals surface area contributed by atoms with Crippen molar-refractivity contribution in [1.29, 1.82) is 5.26 Å². The van der Waals surface area contributed by atoms with E-state index < -0.39 is 11.8 Å². The highest BCUT2D eigenvalue weighted by Gasteiger charge is 2.11. The van der Waals surface area contributed by atoms with Crippen molar-refractivity contribution < 1.29 is 13.9 Å². The lowest BCUT2D eigenvalue weighted by Crippen LogP contribution is -2.01. The van der Waals surface area contributed by atoms with Gasteiger partial charge >= 0.3 is 5.97 Å². The third kappa shape index (κ3) is 3.67. The number of nitriles is 1. The van der Waals surface area contributed by atoms with Crippen molar-refractivity contribution in [3.8, 4) is 6.07 Å². The maximum absolute atomic E-state index is 13.6. The van der Waals surface area contributed by atoms with Gasteiger partial charge in [0.1, 0.15) is 11.9 Å². The molecule has 3 aromatic rings. The second-order valence-electron chi connectivity index (χ2n) is 5.01. The van der Waals surface area contributed by atoms with Gasteiger partial charge in [0.25, 0.3) is 0 Å². The Bertz CT molecular complexity index is 968. The Kier molecular flexibility index (Phi) is 5.52. The maximum atomic E-state index is 13.6. The van der Waals surface area contributed by atoms with Crippen LogP contribution < -0.4 is 5.32 Å². The number of nitrogens with zero attached hydrogens (tertiary/aromatic N) is 2. The summed E-state index contributed by atoms with van der Waals surface area (Å²) >= 11 is 0. The van der Waals surface area contributed by atoms with Gasteiger partial charge in [-0.2, -0.15) is 5.26 Å². The van der Waals surface area contributed by atoms with Crippen molar-refractivity contribution >= 4 is 40.7 Å². The van der Waals surface area contributed by atoms with E-state index in [1.54, 1.807) is 30.3 Å². The van der Waals surface area contributed by atoms with Crippen LogP contribution in [0.25, 0.3) is 10.9 Å². The number of methoxy groups -OCH3 is 1. The fourth-order valence-corrected chi connectivity index (χ4v) is 2.34. The number of aromatic nitrogens is 1. The molecule has 2 aromatic carbocycles. The van der Waals surface area contributed by atoms with Crippen LogP contribution in [-0.2, 0) is 4.74 Å². The molecule has 1 aromatic heterocycles. The molecule has 7 heteroatoms. The number of halogens is 2. The molecule has 1 heterocycles. The predicted molar refractivity (Wildman–Crippen MR) is 94.7 cm³/mol. The van der Waals surface area contributed by atoms with Gasteiger partial charge in [0.05, 0.1) is 29.4 Å². The van der Waals surface area contributed by atoms with Crippen molar-refractivity contribution in [1.82, 2.24) is 4.98 Å². The summed E-state index contributed by atoms with van der Waals surface area (Å²) in [4.78, 5) is 15.6. The van der Waals surface area contributed by atoms with Crippen LogP contribution in [0.15, 0.2) is 48.7 Å². The Morgan fingerprint density at radius 3 is 2.60 bits per heavy atom. The molecule has 0 spiro atoms. The Morgan fingerprint density at radius 2 is 1.96 bits per heavy atom. The zero-order valence-corrected chi connectivity index (χ0v) is 13.9. The molecular formula is C18H13ClFN3O2. The molecule has 0 aliphatic heterocycles. The molecule has 0 radical (unpaired) electrons. The van der Waals surface area contributed by atoms with E-state index in [0.717, 1.165) is 0 Å². The molecule has 0 bridgehead atoms. The lowest BCUT2D eigenvalue weighted by Gasteiger charge is -2.12. The number of pyridine rings is 1. The minimum Gasteiger partial charge on any atom is -0.465 e. The minimum absolute atomic E-state index is 0. The number of hydrogen-bond donors (Lipinski definition) is 1. The molecule has 0 amide bonds. The van der Waals surface area contributed by atoms with E-state index in [4.69, 9.17) is 0 Å². The van der Waals surface area contributed by atoms with Gasteiger partial charge < -0.3 is 10.1 Å². The van der Waals surface area contributed by atoms with Gasteiger partial charge in [0.2, 0.25) is 0 Å². The van der Waals surface area contributed by atoms with E-state index in [1.807, 2.05) is 6.07 Å². The molecule has 5 nitrogen and oxygen atoms in total. The fourth-order valence-electron chi connectivity index (χ4n) is 2.34.